The lowest BCUT2D eigenvalue weighted by atomic mass is 10.0. The number of nitrogens with one attached hydrogen (secondary N) is 1. The summed E-state index contributed by atoms with van der Waals surface area (Å²) >= 11 is 1.86. The minimum atomic E-state index is 0.268. The molecule has 1 fully saturated rings. The molecular formula is C23H31N5OS. The average molecular weight is 426 g/mol. The minimum Gasteiger partial charge on any atom is -0.352 e. The van der Waals surface area contributed by atoms with E-state index in [-0.39, 0.29) is 5.91 Å². The Morgan fingerprint density at radius 1 is 1.23 bits per heavy atom. The van der Waals surface area contributed by atoms with Gasteiger partial charge < -0.3 is 15.1 Å². The Labute approximate surface area is 183 Å². The minimum absolute atomic E-state index is 0.268. The summed E-state index contributed by atoms with van der Waals surface area (Å²) in [6.45, 7) is 3.05. The number of hydrogen-bond acceptors (Lipinski definition) is 4. The van der Waals surface area contributed by atoms with Crippen molar-refractivity contribution in [3.63, 3.8) is 0 Å². The smallest absolute Gasteiger partial charge is 0.222 e. The third kappa shape index (κ3) is 5.01. The first-order valence-corrected chi connectivity index (χ1v) is 11.7. The van der Waals surface area contributed by atoms with Gasteiger partial charge in [-0.1, -0.05) is 24.3 Å². The predicted octanol–water partition coefficient (Wildman–Crippen LogP) is 3.35. The van der Waals surface area contributed by atoms with Crippen molar-refractivity contribution in [2.75, 3.05) is 20.6 Å². The van der Waals surface area contributed by atoms with Crippen molar-refractivity contribution < 1.29 is 4.79 Å². The van der Waals surface area contributed by atoms with E-state index in [1.165, 1.54) is 46.0 Å². The summed E-state index contributed by atoms with van der Waals surface area (Å²) in [4.78, 5) is 26.8. The summed E-state index contributed by atoms with van der Waals surface area (Å²) in [5, 5.41) is 4.64. The van der Waals surface area contributed by atoms with Crippen molar-refractivity contribution in [1.29, 1.82) is 0 Å². The SMILES string of the molecule is CN=C(NCc1cccc(CN2CCCC2=O)c1)N(C)Cc1nc2c(s1)CCCC2. The Hall–Kier alpha value is -2.41. The second-order valence-electron chi connectivity index (χ2n) is 8.18. The van der Waals surface area contributed by atoms with Crippen LogP contribution in [0.25, 0.3) is 0 Å². The van der Waals surface area contributed by atoms with Gasteiger partial charge in [0, 0.05) is 45.0 Å². The van der Waals surface area contributed by atoms with Crippen molar-refractivity contribution in [3.8, 4) is 0 Å². The maximum absolute atomic E-state index is 11.9. The summed E-state index contributed by atoms with van der Waals surface area (Å²) in [6.07, 6.45) is 6.53. The molecule has 0 atom stereocenters. The molecule has 4 rings (SSSR count). The highest BCUT2D eigenvalue weighted by Crippen LogP contribution is 2.27. The number of carbonyl (C=O) groups excluding carboxylic acids is 1. The number of amides is 1. The van der Waals surface area contributed by atoms with E-state index in [9.17, 15) is 4.79 Å². The van der Waals surface area contributed by atoms with Crippen LogP contribution in [-0.4, -0.2) is 47.3 Å². The first-order chi connectivity index (χ1) is 14.6. The molecule has 0 unspecified atom stereocenters. The Bertz CT molecular complexity index is 899. The molecule has 1 N–H and O–H groups in total. The molecule has 1 aromatic heterocycles. The number of likely N-dealkylation sites (tertiary alicyclic amines) is 1. The first-order valence-electron chi connectivity index (χ1n) is 10.9. The van der Waals surface area contributed by atoms with Gasteiger partial charge in [-0.15, -0.1) is 11.3 Å². The lowest BCUT2D eigenvalue weighted by molar-refractivity contribution is -0.128. The van der Waals surface area contributed by atoms with Crippen LogP contribution in [0.3, 0.4) is 0 Å². The van der Waals surface area contributed by atoms with Gasteiger partial charge >= 0.3 is 0 Å². The Kier molecular flexibility index (Phi) is 6.67. The summed E-state index contributed by atoms with van der Waals surface area (Å²) in [5.74, 6) is 1.13. The lowest BCUT2D eigenvalue weighted by Gasteiger charge is -2.21. The largest absolute Gasteiger partial charge is 0.352 e. The number of hydrogen-bond donors (Lipinski definition) is 1. The molecule has 1 amide bonds. The predicted molar refractivity (Wildman–Crippen MR) is 122 cm³/mol. The highest BCUT2D eigenvalue weighted by molar-refractivity contribution is 7.11. The van der Waals surface area contributed by atoms with Gasteiger partial charge in [-0.25, -0.2) is 4.98 Å². The molecule has 0 bridgehead atoms. The Morgan fingerprint density at radius 3 is 2.83 bits per heavy atom. The highest BCUT2D eigenvalue weighted by atomic mass is 32.1. The molecule has 6 nitrogen and oxygen atoms in total. The lowest BCUT2D eigenvalue weighted by Crippen LogP contribution is -2.38. The maximum Gasteiger partial charge on any atom is 0.222 e. The van der Waals surface area contributed by atoms with E-state index in [4.69, 9.17) is 4.98 Å². The Balaban J connectivity index is 1.33. The van der Waals surface area contributed by atoms with Gasteiger partial charge in [0.1, 0.15) is 5.01 Å². The number of carbonyl (C=O) groups is 1. The summed E-state index contributed by atoms with van der Waals surface area (Å²) in [5.41, 5.74) is 3.69. The van der Waals surface area contributed by atoms with Crippen molar-refractivity contribution >= 4 is 23.2 Å². The summed E-state index contributed by atoms with van der Waals surface area (Å²) in [7, 11) is 3.88. The van der Waals surface area contributed by atoms with Crippen LogP contribution in [0.4, 0.5) is 0 Å². The average Bonchev–Trinajstić information content (AvgIpc) is 3.34. The normalized spacial score (nSPS) is 16.7. The van der Waals surface area contributed by atoms with Crippen LogP contribution < -0.4 is 5.32 Å². The fraction of sp³-hybridized carbons (Fsp3) is 0.522. The second-order valence-corrected chi connectivity index (χ2v) is 9.35. The number of aromatic nitrogens is 1. The number of benzene rings is 1. The molecule has 7 heteroatoms. The van der Waals surface area contributed by atoms with Gasteiger partial charge in [0.15, 0.2) is 5.96 Å². The van der Waals surface area contributed by atoms with Gasteiger partial charge in [-0.3, -0.25) is 9.79 Å². The van der Waals surface area contributed by atoms with E-state index in [1.807, 2.05) is 23.3 Å². The fourth-order valence-corrected chi connectivity index (χ4v) is 5.46. The second kappa shape index (κ2) is 9.60. The van der Waals surface area contributed by atoms with Crippen LogP contribution in [0.5, 0.6) is 0 Å². The molecule has 30 heavy (non-hydrogen) atoms. The zero-order valence-electron chi connectivity index (χ0n) is 18.0. The topological polar surface area (TPSA) is 60.8 Å². The van der Waals surface area contributed by atoms with Crippen LogP contribution in [0, 0.1) is 0 Å². The molecule has 2 heterocycles. The van der Waals surface area contributed by atoms with Crippen molar-refractivity contribution in [2.24, 2.45) is 4.99 Å². The van der Waals surface area contributed by atoms with Crippen LogP contribution in [0.2, 0.25) is 0 Å². The van der Waals surface area contributed by atoms with Crippen molar-refractivity contribution in [3.05, 3.63) is 51.0 Å². The molecule has 1 aliphatic heterocycles. The third-order valence-electron chi connectivity index (χ3n) is 5.82. The number of thiazole rings is 1. The van der Waals surface area contributed by atoms with Crippen LogP contribution in [0.1, 0.15) is 52.4 Å². The van der Waals surface area contributed by atoms with Gasteiger partial charge in [-0.2, -0.15) is 0 Å². The quantitative estimate of drug-likeness (QED) is 0.570. The van der Waals surface area contributed by atoms with Crippen LogP contribution in [0.15, 0.2) is 29.3 Å². The molecule has 2 aliphatic rings. The molecule has 1 saturated heterocycles. The summed E-state index contributed by atoms with van der Waals surface area (Å²) in [6, 6.07) is 8.46. The third-order valence-corrected chi connectivity index (χ3v) is 6.96. The van der Waals surface area contributed by atoms with E-state index in [0.29, 0.717) is 19.5 Å². The molecule has 160 valence electrons. The maximum atomic E-state index is 11.9. The number of aryl methyl sites for hydroxylation is 2. The molecule has 0 saturated carbocycles. The van der Waals surface area contributed by atoms with E-state index in [2.05, 4.69) is 46.5 Å². The van der Waals surface area contributed by atoms with Gasteiger partial charge in [0.2, 0.25) is 5.91 Å². The van der Waals surface area contributed by atoms with E-state index < -0.39 is 0 Å². The van der Waals surface area contributed by atoms with E-state index in [0.717, 1.165) is 31.9 Å². The highest BCUT2D eigenvalue weighted by Gasteiger charge is 2.20. The molecule has 0 radical (unpaired) electrons. The molecule has 0 spiro atoms. The number of guanidine groups is 1. The number of fused-ring (bicyclic) bond motifs is 1. The molecule has 1 aromatic carbocycles. The van der Waals surface area contributed by atoms with Gasteiger partial charge in [0.25, 0.3) is 0 Å². The zero-order chi connectivity index (χ0) is 20.9. The van der Waals surface area contributed by atoms with E-state index in [1.54, 1.807) is 0 Å². The first kappa shape index (κ1) is 20.8. The molecule has 1 aliphatic carbocycles. The monoisotopic (exact) mass is 425 g/mol. The summed E-state index contributed by atoms with van der Waals surface area (Å²) < 4.78 is 0. The standard InChI is InChI=1S/C23H31N5OS/c1-24-23(27(2)16-21-26-19-9-3-4-10-20(19)30-21)25-14-17-7-5-8-18(13-17)15-28-12-6-11-22(28)29/h5,7-8,13H,3-4,6,9-12,14-16H2,1-2H3,(H,24,25). The van der Waals surface area contributed by atoms with Crippen LogP contribution >= 0.6 is 11.3 Å². The van der Waals surface area contributed by atoms with Crippen LogP contribution in [-0.2, 0) is 37.3 Å². The van der Waals surface area contributed by atoms with E-state index >= 15 is 0 Å². The van der Waals surface area contributed by atoms with Crippen molar-refractivity contribution in [2.45, 2.75) is 58.2 Å². The molecular weight excluding hydrogens is 394 g/mol. The zero-order valence-corrected chi connectivity index (χ0v) is 18.8. The number of aliphatic imine (C=N–C) groups is 1. The Morgan fingerprint density at radius 2 is 2.07 bits per heavy atom. The van der Waals surface area contributed by atoms with Gasteiger partial charge in [0.05, 0.1) is 12.2 Å². The van der Waals surface area contributed by atoms with Crippen molar-refractivity contribution in [1.82, 2.24) is 20.1 Å². The number of nitrogens with zero attached hydrogens (tertiary/aromatic N) is 4. The number of rotatable bonds is 6. The molecule has 2 aromatic rings. The van der Waals surface area contributed by atoms with Gasteiger partial charge in [-0.05, 0) is 43.2 Å². The fourth-order valence-electron chi connectivity index (χ4n) is 4.25.